The fraction of sp³-hybridized carbons (Fsp3) is 0.294. The Hall–Kier alpha value is -1.39. The molecule has 0 aliphatic heterocycles. The monoisotopic (exact) mass is 350 g/mol. The van der Waals surface area contributed by atoms with Crippen LogP contribution in [0.5, 0.6) is 0 Å². The highest BCUT2D eigenvalue weighted by Crippen LogP contribution is 2.21. The molecule has 0 bridgehead atoms. The van der Waals surface area contributed by atoms with Crippen molar-refractivity contribution in [2.45, 2.75) is 33.0 Å². The Bertz CT molecular complexity index is 613. The Morgan fingerprint density at radius 2 is 1.76 bits per heavy atom. The third-order valence-electron chi connectivity index (χ3n) is 3.55. The number of nitrogens with two attached hydrogens (primary N) is 1. The van der Waals surface area contributed by atoms with Crippen LogP contribution in [-0.2, 0) is 13.1 Å². The van der Waals surface area contributed by atoms with Crippen LogP contribution in [0.1, 0.15) is 25.0 Å². The van der Waals surface area contributed by atoms with Gasteiger partial charge in [0.15, 0.2) is 0 Å². The lowest BCUT2D eigenvalue weighted by atomic mass is 10.1. The Balaban J connectivity index is 2.18. The van der Waals surface area contributed by atoms with Gasteiger partial charge in [0.05, 0.1) is 0 Å². The molecule has 0 atom stereocenters. The molecule has 0 spiro atoms. The van der Waals surface area contributed by atoms with Gasteiger partial charge in [-0.2, -0.15) is 0 Å². The second kappa shape index (κ2) is 7.05. The second-order valence-electron chi connectivity index (χ2n) is 5.43. The number of benzene rings is 2. The minimum atomic E-state index is -0.184. The summed E-state index contributed by atoms with van der Waals surface area (Å²) in [4.78, 5) is 2.21. The zero-order valence-electron chi connectivity index (χ0n) is 12.3. The summed E-state index contributed by atoms with van der Waals surface area (Å²) in [6.45, 7) is 5.48. The molecule has 0 amide bonds. The summed E-state index contributed by atoms with van der Waals surface area (Å²) in [6, 6.07) is 13.3. The molecule has 2 rings (SSSR count). The quantitative estimate of drug-likeness (QED) is 0.799. The number of nitrogens with zero attached hydrogens (tertiary/aromatic N) is 1. The molecule has 0 aliphatic carbocycles. The molecule has 0 saturated heterocycles. The van der Waals surface area contributed by atoms with Crippen molar-refractivity contribution in [2.24, 2.45) is 0 Å². The van der Waals surface area contributed by atoms with Gasteiger partial charge >= 0.3 is 0 Å². The Kier molecular flexibility index (Phi) is 5.37. The highest BCUT2D eigenvalue weighted by atomic mass is 79.9. The maximum absolute atomic E-state index is 14.0. The van der Waals surface area contributed by atoms with E-state index < -0.39 is 0 Å². The maximum atomic E-state index is 14.0. The number of hydrogen-bond acceptors (Lipinski definition) is 2. The van der Waals surface area contributed by atoms with Crippen LogP contribution >= 0.6 is 15.9 Å². The molecule has 2 aromatic rings. The van der Waals surface area contributed by atoms with Gasteiger partial charge in [-0.15, -0.1) is 0 Å². The molecule has 0 aromatic heterocycles. The third-order valence-corrected chi connectivity index (χ3v) is 4.04. The molecule has 2 nitrogen and oxygen atoms in total. The SMILES string of the molecule is CC(C)N(Cc1ccccc1N)Cc1ccc(Br)cc1F. The van der Waals surface area contributed by atoms with Crippen LogP contribution in [0, 0.1) is 5.82 Å². The molecule has 0 heterocycles. The van der Waals surface area contributed by atoms with E-state index in [9.17, 15) is 4.39 Å². The summed E-state index contributed by atoms with van der Waals surface area (Å²) < 4.78 is 14.8. The van der Waals surface area contributed by atoms with Crippen LogP contribution in [-0.4, -0.2) is 10.9 Å². The van der Waals surface area contributed by atoms with E-state index >= 15 is 0 Å². The average molecular weight is 351 g/mol. The van der Waals surface area contributed by atoms with Gasteiger partial charge < -0.3 is 5.73 Å². The van der Waals surface area contributed by atoms with Gasteiger partial charge in [-0.3, -0.25) is 4.90 Å². The first-order valence-electron chi connectivity index (χ1n) is 6.98. The standard InChI is InChI=1S/C17H20BrFN2/c1-12(2)21(11-14-5-3-4-6-17(14)20)10-13-7-8-15(18)9-16(13)19/h3-9,12H,10-11,20H2,1-2H3. The lowest BCUT2D eigenvalue weighted by Crippen LogP contribution is -2.30. The van der Waals surface area contributed by atoms with E-state index in [1.807, 2.05) is 36.4 Å². The fourth-order valence-corrected chi connectivity index (χ4v) is 2.52. The minimum absolute atomic E-state index is 0.184. The van der Waals surface area contributed by atoms with E-state index in [1.54, 1.807) is 0 Å². The van der Waals surface area contributed by atoms with Crippen LogP contribution in [0.25, 0.3) is 0 Å². The van der Waals surface area contributed by atoms with E-state index in [0.29, 0.717) is 24.7 Å². The van der Waals surface area contributed by atoms with Crippen molar-refractivity contribution in [3.8, 4) is 0 Å². The summed E-state index contributed by atoms with van der Waals surface area (Å²) in [5.74, 6) is -0.184. The number of nitrogen functional groups attached to an aromatic ring is 1. The molecule has 0 unspecified atom stereocenters. The van der Waals surface area contributed by atoms with Crippen molar-refractivity contribution in [3.05, 3.63) is 63.9 Å². The zero-order chi connectivity index (χ0) is 15.4. The van der Waals surface area contributed by atoms with Crippen molar-refractivity contribution >= 4 is 21.6 Å². The first-order chi connectivity index (χ1) is 9.97. The lowest BCUT2D eigenvalue weighted by Gasteiger charge is -2.27. The van der Waals surface area contributed by atoms with E-state index in [0.717, 1.165) is 15.7 Å². The molecule has 21 heavy (non-hydrogen) atoms. The van der Waals surface area contributed by atoms with E-state index in [-0.39, 0.29) is 5.82 Å². The van der Waals surface area contributed by atoms with Gasteiger partial charge in [-0.25, -0.2) is 4.39 Å². The van der Waals surface area contributed by atoms with Crippen LogP contribution in [0.15, 0.2) is 46.9 Å². The highest BCUT2D eigenvalue weighted by molar-refractivity contribution is 9.10. The number of para-hydroxylation sites is 1. The molecule has 2 aromatic carbocycles. The molecule has 2 N–H and O–H groups in total. The van der Waals surface area contributed by atoms with Crippen molar-refractivity contribution in [1.82, 2.24) is 4.90 Å². The fourth-order valence-electron chi connectivity index (χ4n) is 2.19. The predicted molar refractivity (Wildman–Crippen MR) is 89.3 cm³/mol. The first kappa shape index (κ1) is 16.0. The molecule has 112 valence electrons. The molecular weight excluding hydrogens is 331 g/mol. The van der Waals surface area contributed by atoms with Crippen molar-refractivity contribution in [1.29, 1.82) is 0 Å². The Labute approximate surface area is 133 Å². The van der Waals surface area contributed by atoms with E-state index in [4.69, 9.17) is 5.73 Å². The normalized spacial score (nSPS) is 11.3. The van der Waals surface area contributed by atoms with Crippen LogP contribution in [0.2, 0.25) is 0 Å². The zero-order valence-corrected chi connectivity index (χ0v) is 13.9. The minimum Gasteiger partial charge on any atom is -0.398 e. The van der Waals surface area contributed by atoms with E-state index in [1.165, 1.54) is 6.07 Å². The third kappa shape index (κ3) is 4.29. The topological polar surface area (TPSA) is 29.3 Å². The van der Waals surface area contributed by atoms with Crippen molar-refractivity contribution in [2.75, 3.05) is 5.73 Å². The van der Waals surface area contributed by atoms with Gasteiger partial charge in [0.1, 0.15) is 5.82 Å². The summed E-state index contributed by atoms with van der Waals surface area (Å²) in [6.07, 6.45) is 0. The molecule has 4 heteroatoms. The maximum Gasteiger partial charge on any atom is 0.128 e. The van der Waals surface area contributed by atoms with Gasteiger partial charge in [0, 0.05) is 34.9 Å². The summed E-state index contributed by atoms with van der Waals surface area (Å²) in [7, 11) is 0. The summed E-state index contributed by atoms with van der Waals surface area (Å²) >= 11 is 3.28. The largest absolute Gasteiger partial charge is 0.398 e. The van der Waals surface area contributed by atoms with E-state index in [2.05, 4.69) is 34.7 Å². The highest BCUT2D eigenvalue weighted by Gasteiger charge is 2.14. The van der Waals surface area contributed by atoms with Crippen LogP contribution in [0.4, 0.5) is 10.1 Å². The number of hydrogen-bond donors (Lipinski definition) is 1. The average Bonchev–Trinajstić information content (AvgIpc) is 2.42. The van der Waals surface area contributed by atoms with Crippen LogP contribution < -0.4 is 5.73 Å². The summed E-state index contributed by atoms with van der Waals surface area (Å²) in [5, 5.41) is 0. The Morgan fingerprint density at radius 1 is 1.10 bits per heavy atom. The van der Waals surface area contributed by atoms with Gasteiger partial charge in [0.25, 0.3) is 0 Å². The number of halogens is 2. The molecule has 0 radical (unpaired) electrons. The molecule has 0 aliphatic rings. The van der Waals surface area contributed by atoms with Gasteiger partial charge in [0.2, 0.25) is 0 Å². The predicted octanol–water partition coefficient (Wildman–Crippen LogP) is 4.58. The van der Waals surface area contributed by atoms with Crippen molar-refractivity contribution in [3.63, 3.8) is 0 Å². The Morgan fingerprint density at radius 3 is 2.38 bits per heavy atom. The second-order valence-corrected chi connectivity index (χ2v) is 6.35. The molecule has 0 saturated carbocycles. The summed E-state index contributed by atoms with van der Waals surface area (Å²) in [5.41, 5.74) is 8.55. The van der Waals surface area contributed by atoms with Gasteiger partial charge in [-0.05, 0) is 37.6 Å². The van der Waals surface area contributed by atoms with Crippen molar-refractivity contribution < 1.29 is 4.39 Å². The lowest BCUT2D eigenvalue weighted by molar-refractivity contribution is 0.201. The molecular formula is C17H20BrFN2. The first-order valence-corrected chi connectivity index (χ1v) is 7.78. The number of rotatable bonds is 5. The molecule has 0 fully saturated rings. The van der Waals surface area contributed by atoms with Crippen LogP contribution in [0.3, 0.4) is 0 Å². The smallest absolute Gasteiger partial charge is 0.128 e. The number of anilines is 1. The van der Waals surface area contributed by atoms with Gasteiger partial charge in [-0.1, -0.05) is 40.2 Å².